The average molecular weight is 540 g/mol. The van der Waals surface area contributed by atoms with Crippen molar-refractivity contribution >= 4 is 51.5 Å². The summed E-state index contributed by atoms with van der Waals surface area (Å²) in [5.41, 5.74) is 1.68. The van der Waals surface area contributed by atoms with Crippen LogP contribution in [-0.4, -0.2) is 57.7 Å². The summed E-state index contributed by atoms with van der Waals surface area (Å²) in [5.74, 6) is -1.07. The van der Waals surface area contributed by atoms with Gasteiger partial charge in [0.05, 0.1) is 31.9 Å². The molecule has 0 fully saturated rings. The number of para-hydroxylation sites is 1. The van der Waals surface area contributed by atoms with Gasteiger partial charge in [-0.3, -0.25) is 9.59 Å². The van der Waals surface area contributed by atoms with Crippen molar-refractivity contribution in [1.82, 2.24) is 0 Å². The molecular weight excluding hydrogens is 514 g/mol. The highest BCUT2D eigenvalue weighted by Crippen LogP contribution is 2.35. The number of anilines is 3. The molecule has 0 atom stereocenters. The highest BCUT2D eigenvalue weighted by atomic mass is 32.1. The molecule has 0 radical (unpaired) electrons. The smallest absolute Gasteiger partial charge is 0.348 e. The molecule has 2 amide bonds. The maximum Gasteiger partial charge on any atom is 0.348 e. The maximum absolute atomic E-state index is 13.0. The number of amides is 2. The van der Waals surface area contributed by atoms with E-state index in [0.717, 1.165) is 11.3 Å². The lowest BCUT2D eigenvalue weighted by Gasteiger charge is -2.19. The number of carbonyl (C=O) groups is 4. The van der Waals surface area contributed by atoms with E-state index in [1.54, 1.807) is 49.4 Å². The number of methoxy groups -OCH3 is 2. The van der Waals surface area contributed by atoms with Crippen LogP contribution in [0, 0.1) is 6.92 Å². The fourth-order valence-corrected chi connectivity index (χ4v) is 4.87. The van der Waals surface area contributed by atoms with E-state index in [1.807, 2.05) is 0 Å². The van der Waals surface area contributed by atoms with Crippen LogP contribution in [0.4, 0.5) is 16.4 Å². The SMILES string of the molecule is COC(=O)c1sc(NC(=O)CNc2ccccc2C(=O)Nc2ccc3c(c2)OCCO3)c(C(=O)OC)c1C. The van der Waals surface area contributed by atoms with Crippen LogP contribution < -0.4 is 25.4 Å². The van der Waals surface area contributed by atoms with Gasteiger partial charge in [-0.25, -0.2) is 9.59 Å². The minimum Gasteiger partial charge on any atom is -0.486 e. The largest absolute Gasteiger partial charge is 0.486 e. The van der Waals surface area contributed by atoms with E-state index in [2.05, 4.69) is 16.0 Å². The number of nitrogens with one attached hydrogen (secondary N) is 3. The first-order valence-electron chi connectivity index (χ1n) is 11.5. The van der Waals surface area contributed by atoms with Crippen LogP contribution in [0.25, 0.3) is 0 Å². The Balaban J connectivity index is 1.45. The van der Waals surface area contributed by atoms with E-state index in [-0.39, 0.29) is 22.0 Å². The third-order valence-corrected chi connectivity index (χ3v) is 6.76. The Morgan fingerprint density at radius 3 is 2.37 bits per heavy atom. The standard InChI is InChI=1S/C26H25N3O8S/c1-14-21(25(32)34-2)24(38-22(14)26(33)35-3)29-20(30)13-27-17-7-5-4-6-16(17)23(31)28-15-8-9-18-19(12-15)37-11-10-36-18/h4-9,12,27H,10-11,13H2,1-3H3,(H,28,31)(H,29,30). The number of fused-ring (bicyclic) bond motifs is 1. The van der Waals surface area contributed by atoms with Crippen molar-refractivity contribution in [2.24, 2.45) is 0 Å². The summed E-state index contributed by atoms with van der Waals surface area (Å²) in [6.45, 7) is 2.24. The highest BCUT2D eigenvalue weighted by molar-refractivity contribution is 7.18. The third kappa shape index (κ3) is 5.70. The van der Waals surface area contributed by atoms with Gasteiger partial charge in [0.2, 0.25) is 5.91 Å². The van der Waals surface area contributed by atoms with Crippen molar-refractivity contribution in [2.45, 2.75) is 6.92 Å². The minimum atomic E-state index is -0.696. The van der Waals surface area contributed by atoms with Crippen LogP contribution in [0.2, 0.25) is 0 Å². The molecule has 2 heterocycles. The van der Waals surface area contributed by atoms with Crippen molar-refractivity contribution in [3.05, 3.63) is 64.0 Å². The van der Waals surface area contributed by atoms with E-state index in [1.165, 1.54) is 14.2 Å². The molecule has 0 aliphatic carbocycles. The molecule has 1 aromatic heterocycles. The number of carbonyl (C=O) groups excluding carboxylic acids is 4. The number of hydrogen-bond acceptors (Lipinski definition) is 10. The molecule has 1 aliphatic heterocycles. The van der Waals surface area contributed by atoms with Crippen molar-refractivity contribution in [2.75, 3.05) is 49.9 Å². The first kappa shape index (κ1) is 26.5. The second kappa shape index (κ2) is 11.6. The summed E-state index contributed by atoms with van der Waals surface area (Å²) in [4.78, 5) is 50.3. The number of benzene rings is 2. The van der Waals surface area contributed by atoms with Crippen LogP contribution in [0.1, 0.15) is 36.0 Å². The fourth-order valence-electron chi connectivity index (χ4n) is 3.74. The van der Waals surface area contributed by atoms with Crippen LogP contribution in [0.5, 0.6) is 11.5 Å². The van der Waals surface area contributed by atoms with E-state index >= 15 is 0 Å². The first-order valence-corrected chi connectivity index (χ1v) is 12.3. The quantitative estimate of drug-likeness (QED) is 0.365. The van der Waals surface area contributed by atoms with Crippen LogP contribution in [0.15, 0.2) is 42.5 Å². The van der Waals surface area contributed by atoms with Gasteiger partial charge in [-0.15, -0.1) is 11.3 Å². The summed E-state index contributed by atoms with van der Waals surface area (Å²) < 4.78 is 20.6. The van der Waals surface area contributed by atoms with Gasteiger partial charge in [-0.05, 0) is 36.8 Å². The summed E-state index contributed by atoms with van der Waals surface area (Å²) >= 11 is 0.913. The van der Waals surface area contributed by atoms with Crippen molar-refractivity contribution in [1.29, 1.82) is 0 Å². The molecule has 12 heteroatoms. The Kier molecular flexibility index (Phi) is 8.12. The molecule has 1 aliphatic rings. The number of ether oxygens (including phenoxy) is 4. The summed E-state index contributed by atoms with van der Waals surface area (Å²) in [6.07, 6.45) is 0. The molecule has 2 aromatic carbocycles. The highest BCUT2D eigenvalue weighted by Gasteiger charge is 2.27. The molecule has 3 N–H and O–H groups in total. The normalized spacial score (nSPS) is 11.8. The fraction of sp³-hybridized carbons (Fsp3) is 0.231. The molecule has 0 saturated heterocycles. The average Bonchev–Trinajstić information content (AvgIpc) is 3.26. The third-order valence-electron chi connectivity index (χ3n) is 5.57. The zero-order valence-electron chi connectivity index (χ0n) is 20.8. The maximum atomic E-state index is 13.0. The second-order valence-corrected chi connectivity index (χ2v) is 9.02. The predicted octanol–water partition coefficient (Wildman–Crippen LogP) is 3.70. The summed E-state index contributed by atoms with van der Waals surface area (Å²) in [5, 5.41) is 8.56. The van der Waals surface area contributed by atoms with Crippen molar-refractivity contribution in [3.63, 3.8) is 0 Å². The van der Waals surface area contributed by atoms with Crippen LogP contribution in [-0.2, 0) is 14.3 Å². The molecule has 11 nitrogen and oxygen atoms in total. The molecule has 198 valence electrons. The molecule has 0 bridgehead atoms. The van der Waals surface area contributed by atoms with Gasteiger partial charge in [0.15, 0.2) is 11.5 Å². The van der Waals surface area contributed by atoms with Gasteiger partial charge in [0.25, 0.3) is 5.91 Å². The van der Waals surface area contributed by atoms with Gasteiger partial charge >= 0.3 is 11.9 Å². The number of hydrogen-bond donors (Lipinski definition) is 3. The molecule has 0 saturated carbocycles. The lowest BCUT2D eigenvalue weighted by molar-refractivity contribution is -0.114. The van der Waals surface area contributed by atoms with Crippen LogP contribution >= 0.6 is 11.3 Å². The Morgan fingerprint density at radius 2 is 1.63 bits per heavy atom. The number of rotatable bonds is 8. The van der Waals surface area contributed by atoms with Gasteiger partial charge < -0.3 is 34.9 Å². The molecule has 0 unspecified atom stereocenters. The molecule has 38 heavy (non-hydrogen) atoms. The number of esters is 2. The van der Waals surface area contributed by atoms with E-state index < -0.39 is 23.8 Å². The molecule has 0 spiro atoms. The van der Waals surface area contributed by atoms with Gasteiger partial charge in [0.1, 0.15) is 23.1 Å². The number of thiophene rings is 1. The van der Waals surface area contributed by atoms with E-state index in [9.17, 15) is 19.2 Å². The lowest BCUT2D eigenvalue weighted by Crippen LogP contribution is -2.24. The Bertz CT molecular complexity index is 1400. The molecular formula is C26H25N3O8S. The monoisotopic (exact) mass is 539 g/mol. The zero-order valence-corrected chi connectivity index (χ0v) is 21.7. The van der Waals surface area contributed by atoms with E-state index in [4.69, 9.17) is 18.9 Å². The van der Waals surface area contributed by atoms with Crippen molar-refractivity contribution in [3.8, 4) is 11.5 Å². The predicted molar refractivity (Wildman–Crippen MR) is 141 cm³/mol. The summed E-state index contributed by atoms with van der Waals surface area (Å²) in [7, 11) is 2.43. The second-order valence-electron chi connectivity index (χ2n) is 8.00. The van der Waals surface area contributed by atoms with Crippen LogP contribution in [0.3, 0.4) is 0 Å². The van der Waals surface area contributed by atoms with Crippen molar-refractivity contribution < 1.29 is 38.1 Å². The van der Waals surface area contributed by atoms with Gasteiger partial charge in [0, 0.05) is 17.4 Å². The van der Waals surface area contributed by atoms with Gasteiger partial charge in [-0.1, -0.05) is 12.1 Å². The Hall–Kier alpha value is -4.58. The molecule has 4 rings (SSSR count). The molecule has 3 aromatic rings. The topological polar surface area (TPSA) is 141 Å². The van der Waals surface area contributed by atoms with E-state index in [0.29, 0.717) is 47.2 Å². The summed E-state index contributed by atoms with van der Waals surface area (Å²) in [6, 6.07) is 11.8. The Labute approximate surface area is 222 Å². The zero-order chi connectivity index (χ0) is 27.2. The minimum absolute atomic E-state index is 0.0745. The lowest BCUT2D eigenvalue weighted by atomic mass is 10.1. The van der Waals surface area contributed by atoms with Gasteiger partial charge in [-0.2, -0.15) is 0 Å². The Morgan fingerprint density at radius 1 is 0.921 bits per heavy atom. The first-order chi connectivity index (χ1) is 18.3.